The maximum Gasteiger partial charge on any atom is 0.239 e. The Labute approximate surface area is 132 Å². The lowest BCUT2D eigenvalue weighted by Gasteiger charge is -2.22. The highest BCUT2D eigenvalue weighted by Crippen LogP contribution is 2.16. The number of benzene rings is 1. The molecule has 2 atom stereocenters. The second-order valence-electron chi connectivity index (χ2n) is 5.71. The molecule has 0 aromatic heterocycles. The molecular weight excluding hydrogens is 280 g/mol. The topological polar surface area (TPSA) is 73.6 Å². The van der Waals surface area contributed by atoms with E-state index in [-0.39, 0.29) is 18.1 Å². The second kappa shape index (κ2) is 8.76. The van der Waals surface area contributed by atoms with E-state index in [0.29, 0.717) is 19.6 Å². The van der Waals surface area contributed by atoms with Gasteiger partial charge in [0.2, 0.25) is 5.91 Å². The van der Waals surface area contributed by atoms with E-state index >= 15 is 0 Å². The third-order valence-corrected chi connectivity index (χ3v) is 3.87. The Hall–Kier alpha value is -1.59. The van der Waals surface area contributed by atoms with Crippen LogP contribution in [-0.4, -0.2) is 31.3 Å². The van der Waals surface area contributed by atoms with Gasteiger partial charge in [-0.3, -0.25) is 4.79 Å². The maximum atomic E-state index is 11.3. The van der Waals surface area contributed by atoms with E-state index in [4.69, 9.17) is 15.2 Å². The van der Waals surface area contributed by atoms with Crippen molar-refractivity contribution < 1.29 is 14.3 Å². The number of nitrogens with one attached hydrogen (secondary N) is 1. The molecule has 1 aromatic rings. The number of amides is 1. The van der Waals surface area contributed by atoms with Crippen molar-refractivity contribution in [3.05, 3.63) is 29.8 Å². The van der Waals surface area contributed by atoms with Crippen LogP contribution in [0.15, 0.2) is 24.3 Å². The molecule has 5 heteroatoms. The van der Waals surface area contributed by atoms with E-state index in [9.17, 15) is 4.79 Å². The van der Waals surface area contributed by atoms with Crippen molar-refractivity contribution in [1.29, 1.82) is 0 Å². The van der Waals surface area contributed by atoms with Gasteiger partial charge in [0, 0.05) is 12.3 Å². The van der Waals surface area contributed by atoms with Gasteiger partial charge < -0.3 is 20.5 Å². The maximum absolute atomic E-state index is 11.3. The van der Waals surface area contributed by atoms with Gasteiger partial charge in [-0.05, 0) is 43.4 Å². The van der Waals surface area contributed by atoms with Crippen LogP contribution in [0.25, 0.3) is 0 Å². The molecule has 0 saturated carbocycles. The quantitative estimate of drug-likeness (QED) is 0.773. The van der Waals surface area contributed by atoms with Crippen LogP contribution in [-0.2, 0) is 20.9 Å². The Balaban J connectivity index is 1.81. The Morgan fingerprint density at radius 2 is 2.36 bits per heavy atom. The molecule has 22 heavy (non-hydrogen) atoms. The minimum absolute atomic E-state index is 0.231. The zero-order valence-corrected chi connectivity index (χ0v) is 13.2. The van der Waals surface area contributed by atoms with Crippen LogP contribution < -0.4 is 11.1 Å². The number of carbonyl (C=O) groups excluding carboxylic acids is 1. The standard InChI is InChI=1S/C17H26N2O3/c1-2-16(17(18)20)19-14-7-5-6-13(10-14)11-21-12-15-8-3-4-9-22-15/h5-7,10,15-16,19H,2-4,8-9,11-12H2,1H3,(H2,18,20)/t15-,16-/m1/s1. The van der Waals surface area contributed by atoms with E-state index in [2.05, 4.69) is 5.32 Å². The first-order valence-electron chi connectivity index (χ1n) is 8.03. The van der Waals surface area contributed by atoms with Crippen molar-refractivity contribution in [3.63, 3.8) is 0 Å². The summed E-state index contributed by atoms with van der Waals surface area (Å²) in [6.45, 7) is 3.96. The van der Waals surface area contributed by atoms with E-state index in [1.165, 1.54) is 6.42 Å². The van der Waals surface area contributed by atoms with Gasteiger partial charge in [-0.1, -0.05) is 19.1 Å². The highest BCUT2D eigenvalue weighted by atomic mass is 16.5. The van der Waals surface area contributed by atoms with E-state index in [0.717, 1.165) is 30.7 Å². The predicted octanol–water partition coefficient (Wildman–Crippen LogP) is 2.45. The zero-order valence-electron chi connectivity index (χ0n) is 13.2. The molecule has 122 valence electrons. The normalized spacial score (nSPS) is 19.6. The molecular formula is C17H26N2O3. The average molecular weight is 306 g/mol. The summed E-state index contributed by atoms with van der Waals surface area (Å²) in [4.78, 5) is 11.3. The number of nitrogens with two attached hydrogens (primary N) is 1. The number of hydrogen-bond acceptors (Lipinski definition) is 4. The Morgan fingerprint density at radius 1 is 1.50 bits per heavy atom. The molecule has 1 aromatic carbocycles. The second-order valence-corrected chi connectivity index (χ2v) is 5.71. The molecule has 0 bridgehead atoms. The summed E-state index contributed by atoms with van der Waals surface area (Å²) < 4.78 is 11.4. The average Bonchev–Trinajstić information content (AvgIpc) is 2.54. The Morgan fingerprint density at radius 3 is 3.05 bits per heavy atom. The fourth-order valence-electron chi connectivity index (χ4n) is 2.57. The third kappa shape index (κ3) is 5.31. The molecule has 1 amide bonds. The SMILES string of the molecule is CC[C@@H](Nc1cccc(COC[C@H]2CCCCO2)c1)C(N)=O. The summed E-state index contributed by atoms with van der Waals surface area (Å²) in [5.74, 6) is -0.335. The number of carbonyl (C=O) groups is 1. The number of ether oxygens (including phenoxy) is 2. The first-order valence-corrected chi connectivity index (χ1v) is 8.03. The van der Waals surface area contributed by atoms with Crippen LogP contribution in [0.1, 0.15) is 38.2 Å². The first kappa shape index (κ1) is 16.8. The lowest BCUT2D eigenvalue weighted by Crippen LogP contribution is -2.34. The van der Waals surface area contributed by atoms with Crippen LogP contribution in [0.3, 0.4) is 0 Å². The predicted molar refractivity (Wildman–Crippen MR) is 86.6 cm³/mol. The summed E-state index contributed by atoms with van der Waals surface area (Å²) in [6, 6.07) is 7.54. The molecule has 1 saturated heterocycles. The Bertz CT molecular complexity index is 473. The van der Waals surface area contributed by atoms with E-state index in [1.807, 2.05) is 31.2 Å². The van der Waals surface area contributed by atoms with Crippen molar-refractivity contribution in [2.24, 2.45) is 5.73 Å². The highest BCUT2D eigenvalue weighted by molar-refractivity contribution is 5.82. The molecule has 0 aliphatic carbocycles. The van der Waals surface area contributed by atoms with Crippen molar-refractivity contribution in [2.45, 2.75) is 51.4 Å². The largest absolute Gasteiger partial charge is 0.376 e. The van der Waals surface area contributed by atoms with Gasteiger partial charge in [-0.25, -0.2) is 0 Å². The van der Waals surface area contributed by atoms with Gasteiger partial charge in [-0.15, -0.1) is 0 Å². The summed E-state index contributed by atoms with van der Waals surface area (Å²) in [7, 11) is 0. The Kier molecular flexibility index (Phi) is 6.68. The van der Waals surface area contributed by atoms with Crippen LogP contribution in [0, 0.1) is 0 Å². The van der Waals surface area contributed by atoms with E-state index < -0.39 is 0 Å². The molecule has 0 radical (unpaired) electrons. The van der Waals surface area contributed by atoms with Crippen LogP contribution in [0.4, 0.5) is 5.69 Å². The molecule has 1 fully saturated rings. The zero-order chi connectivity index (χ0) is 15.8. The van der Waals surface area contributed by atoms with Gasteiger partial charge in [-0.2, -0.15) is 0 Å². The van der Waals surface area contributed by atoms with Crippen molar-refractivity contribution >= 4 is 11.6 Å². The minimum Gasteiger partial charge on any atom is -0.376 e. The molecule has 3 N–H and O–H groups in total. The number of primary amides is 1. The molecule has 1 aliphatic rings. The lowest BCUT2D eigenvalue weighted by molar-refractivity contribution is -0.118. The summed E-state index contributed by atoms with van der Waals surface area (Å²) in [6.07, 6.45) is 4.35. The van der Waals surface area contributed by atoms with Crippen molar-refractivity contribution in [2.75, 3.05) is 18.5 Å². The highest BCUT2D eigenvalue weighted by Gasteiger charge is 2.14. The van der Waals surface area contributed by atoms with Crippen molar-refractivity contribution in [1.82, 2.24) is 0 Å². The minimum atomic E-state index is -0.341. The molecule has 2 rings (SSSR count). The molecule has 1 aliphatic heterocycles. The van der Waals surface area contributed by atoms with Gasteiger partial charge >= 0.3 is 0 Å². The first-order chi connectivity index (χ1) is 10.7. The molecule has 1 heterocycles. The van der Waals surface area contributed by atoms with E-state index in [1.54, 1.807) is 0 Å². The molecule has 0 spiro atoms. The van der Waals surface area contributed by atoms with Gasteiger partial charge in [0.25, 0.3) is 0 Å². The molecule has 5 nitrogen and oxygen atoms in total. The number of rotatable bonds is 8. The van der Waals surface area contributed by atoms with Crippen molar-refractivity contribution in [3.8, 4) is 0 Å². The summed E-state index contributed by atoms with van der Waals surface area (Å²) >= 11 is 0. The number of hydrogen-bond donors (Lipinski definition) is 2. The fourth-order valence-corrected chi connectivity index (χ4v) is 2.57. The van der Waals surface area contributed by atoms with Crippen LogP contribution in [0.5, 0.6) is 0 Å². The molecule has 0 unspecified atom stereocenters. The van der Waals surface area contributed by atoms with Crippen LogP contribution in [0.2, 0.25) is 0 Å². The summed E-state index contributed by atoms with van der Waals surface area (Å²) in [5, 5.41) is 3.15. The summed E-state index contributed by atoms with van der Waals surface area (Å²) in [5.41, 5.74) is 7.31. The van der Waals surface area contributed by atoms with Crippen LogP contribution >= 0.6 is 0 Å². The lowest BCUT2D eigenvalue weighted by atomic mass is 10.1. The fraction of sp³-hybridized carbons (Fsp3) is 0.588. The smallest absolute Gasteiger partial charge is 0.239 e. The third-order valence-electron chi connectivity index (χ3n) is 3.87. The van der Waals surface area contributed by atoms with Gasteiger partial charge in [0.1, 0.15) is 6.04 Å². The monoisotopic (exact) mass is 306 g/mol. The number of anilines is 1. The van der Waals surface area contributed by atoms with Gasteiger partial charge in [0.15, 0.2) is 0 Å². The van der Waals surface area contributed by atoms with Gasteiger partial charge in [0.05, 0.1) is 19.3 Å².